The molecule has 1 N–H and O–H groups in total. The smallest absolute Gasteiger partial charge is 0.261 e. The summed E-state index contributed by atoms with van der Waals surface area (Å²) in [4.78, 5) is 14.4. The first-order chi connectivity index (χ1) is 11.0. The minimum Gasteiger partial charge on any atom is -0.490 e. The molecule has 0 aromatic heterocycles. The maximum Gasteiger partial charge on any atom is 0.261 e. The van der Waals surface area contributed by atoms with Crippen LogP contribution in [-0.2, 0) is 4.74 Å². The summed E-state index contributed by atoms with van der Waals surface area (Å²) in [5.74, 6) is -0.727. The van der Waals surface area contributed by atoms with E-state index >= 15 is 0 Å². The van der Waals surface area contributed by atoms with Crippen molar-refractivity contribution in [1.82, 2.24) is 4.90 Å². The minimum absolute atomic E-state index is 0.0841. The van der Waals surface area contributed by atoms with Gasteiger partial charge in [-0.05, 0) is 25.0 Å². The molecular formula is C16H20FNO5. The van der Waals surface area contributed by atoms with Gasteiger partial charge in [0.1, 0.15) is 24.5 Å². The lowest BCUT2D eigenvalue weighted by molar-refractivity contribution is 0.0703. The molecule has 126 valence electrons. The van der Waals surface area contributed by atoms with Crippen LogP contribution in [0.4, 0.5) is 4.39 Å². The van der Waals surface area contributed by atoms with Crippen LogP contribution in [-0.4, -0.2) is 61.5 Å². The number of aliphatic hydroxyl groups excluding tert-OH is 1. The first-order valence-corrected chi connectivity index (χ1v) is 7.59. The van der Waals surface area contributed by atoms with Crippen molar-refractivity contribution in [2.75, 3.05) is 33.5 Å². The van der Waals surface area contributed by atoms with Crippen LogP contribution in [0.2, 0.25) is 0 Å². The molecule has 2 aliphatic rings. The summed E-state index contributed by atoms with van der Waals surface area (Å²) in [5.41, 5.74) is 0.437. The molecule has 2 aliphatic heterocycles. The van der Waals surface area contributed by atoms with Crippen molar-refractivity contribution in [3.8, 4) is 11.5 Å². The maximum atomic E-state index is 14.5. The Kier molecular flexibility index (Phi) is 4.41. The first kappa shape index (κ1) is 16.0. The molecule has 1 saturated heterocycles. The quantitative estimate of drug-likeness (QED) is 0.841. The van der Waals surface area contributed by atoms with Gasteiger partial charge < -0.3 is 24.2 Å². The standard InChI is InChI=1S/C16H20FNO5/c1-9-5-12-13(15(14(9)17)22-4-3-21-2)16(20)18-7-11(19)6-10(18)8-23-12/h5,10-11,19H,3-4,6-8H2,1-2H3/t10-,11+/m1/s1. The average molecular weight is 325 g/mol. The molecule has 6 nitrogen and oxygen atoms in total. The van der Waals surface area contributed by atoms with E-state index in [1.807, 2.05) is 0 Å². The second-order valence-corrected chi connectivity index (χ2v) is 5.86. The summed E-state index contributed by atoms with van der Waals surface area (Å²) in [6, 6.07) is 1.31. The zero-order valence-electron chi connectivity index (χ0n) is 13.2. The number of fused-ring (bicyclic) bond motifs is 2. The molecule has 1 aromatic carbocycles. The zero-order chi connectivity index (χ0) is 16.6. The lowest BCUT2D eigenvalue weighted by Crippen LogP contribution is -2.37. The van der Waals surface area contributed by atoms with Crippen LogP contribution >= 0.6 is 0 Å². The molecule has 1 amide bonds. The Bertz CT molecular complexity index is 621. The highest BCUT2D eigenvalue weighted by Crippen LogP contribution is 2.38. The first-order valence-electron chi connectivity index (χ1n) is 7.59. The van der Waals surface area contributed by atoms with Crippen LogP contribution in [0.5, 0.6) is 11.5 Å². The number of hydrogen-bond acceptors (Lipinski definition) is 5. The SMILES string of the molecule is COCCOc1c(F)c(C)cc2c1C(=O)N1C[C@@H](O)C[C@@H]1CO2. The number of halogens is 1. The molecular weight excluding hydrogens is 305 g/mol. The van der Waals surface area contributed by atoms with Crippen molar-refractivity contribution in [2.24, 2.45) is 0 Å². The normalized spacial score (nSPS) is 23.1. The number of aryl methyl sites for hydroxylation is 1. The van der Waals surface area contributed by atoms with Gasteiger partial charge in [-0.15, -0.1) is 0 Å². The number of carbonyl (C=O) groups is 1. The van der Waals surface area contributed by atoms with Gasteiger partial charge in [-0.25, -0.2) is 4.39 Å². The fraction of sp³-hybridized carbons (Fsp3) is 0.562. The molecule has 0 unspecified atom stereocenters. The maximum absolute atomic E-state index is 14.5. The third kappa shape index (κ3) is 2.86. The van der Waals surface area contributed by atoms with Crippen molar-refractivity contribution in [1.29, 1.82) is 0 Å². The zero-order valence-corrected chi connectivity index (χ0v) is 13.2. The summed E-state index contributed by atoms with van der Waals surface area (Å²) in [5, 5.41) is 9.79. The Morgan fingerprint density at radius 2 is 2.26 bits per heavy atom. The third-order valence-corrected chi connectivity index (χ3v) is 4.20. The van der Waals surface area contributed by atoms with Gasteiger partial charge in [-0.3, -0.25) is 4.79 Å². The molecule has 7 heteroatoms. The molecule has 1 aromatic rings. The van der Waals surface area contributed by atoms with Gasteiger partial charge in [0.05, 0.1) is 18.8 Å². The molecule has 0 spiro atoms. The van der Waals surface area contributed by atoms with E-state index < -0.39 is 11.9 Å². The van der Waals surface area contributed by atoms with E-state index in [1.54, 1.807) is 6.92 Å². The van der Waals surface area contributed by atoms with Gasteiger partial charge >= 0.3 is 0 Å². The second kappa shape index (κ2) is 6.33. The summed E-state index contributed by atoms with van der Waals surface area (Å²) < 4.78 is 30.6. The highest BCUT2D eigenvalue weighted by Gasteiger charge is 2.40. The number of ether oxygens (including phenoxy) is 3. The number of carbonyl (C=O) groups excluding carboxylic acids is 1. The second-order valence-electron chi connectivity index (χ2n) is 5.86. The monoisotopic (exact) mass is 325 g/mol. The molecule has 0 aliphatic carbocycles. The highest BCUT2D eigenvalue weighted by molar-refractivity contribution is 6.00. The van der Waals surface area contributed by atoms with E-state index in [0.29, 0.717) is 17.7 Å². The molecule has 2 heterocycles. The van der Waals surface area contributed by atoms with Gasteiger partial charge in [0.15, 0.2) is 11.6 Å². The topological polar surface area (TPSA) is 68.2 Å². The Balaban J connectivity index is 2.02. The van der Waals surface area contributed by atoms with E-state index in [1.165, 1.54) is 18.1 Å². The molecule has 2 atom stereocenters. The van der Waals surface area contributed by atoms with E-state index in [-0.39, 0.29) is 49.6 Å². The largest absolute Gasteiger partial charge is 0.490 e. The van der Waals surface area contributed by atoms with E-state index in [2.05, 4.69) is 0 Å². The van der Waals surface area contributed by atoms with Crippen molar-refractivity contribution >= 4 is 5.91 Å². The summed E-state index contributed by atoms with van der Waals surface area (Å²) in [6.45, 7) is 2.50. The molecule has 23 heavy (non-hydrogen) atoms. The van der Waals surface area contributed by atoms with E-state index in [4.69, 9.17) is 14.2 Å². The molecule has 0 saturated carbocycles. The summed E-state index contributed by atoms with van der Waals surface area (Å²) in [7, 11) is 1.51. The number of methoxy groups -OCH3 is 1. The predicted molar refractivity (Wildman–Crippen MR) is 79.5 cm³/mol. The van der Waals surface area contributed by atoms with Crippen LogP contribution in [0.25, 0.3) is 0 Å². The van der Waals surface area contributed by atoms with E-state index in [0.717, 1.165) is 0 Å². The number of benzene rings is 1. The Hall–Kier alpha value is -1.86. The van der Waals surface area contributed by atoms with Gasteiger partial charge in [0, 0.05) is 13.7 Å². The van der Waals surface area contributed by atoms with Crippen molar-refractivity contribution < 1.29 is 28.5 Å². The summed E-state index contributed by atoms with van der Waals surface area (Å²) in [6.07, 6.45) is -0.122. The summed E-state index contributed by atoms with van der Waals surface area (Å²) >= 11 is 0. The van der Waals surface area contributed by atoms with Gasteiger partial charge in [0.2, 0.25) is 0 Å². The number of hydrogen-bond donors (Lipinski definition) is 1. The van der Waals surface area contributed by atoms with E-state index in [9.17, 15) is 14.3 Å². The number of aliphatic hydroxyl groups is 1. The highest BCUT2D eigenvalue weighted by atomic mass is 19.1. The fourth-order valence-corrected chi connectivity index (χ4v) is 3.04. The van der Waals surface area contributed by atoms with Crippen LogP contribution in [0.3, 0.4) is 0 Å². The van der Waals surface area contributed by atoms with Crippen molar-refractivity contribution in [2.45, 2.75) is 25.5 Å². The number of rotatable bonds is 4. The van der Waals surface area contributed by atoms with Gasteiger partial charge in [0.25, 0.3) is 5.91 Å². The average Bonchev–Trinajstić information content (AvgIpc) is 2.84. The number of nitrogens with zero attached hydrogens (tertiary/aromatic N) is 1. The third-order valence-electron chi connectivity index (χ3n) is 4.20. The molecule has 0 radical (unpaired) electrons. The fourth-order valence-electron chi connectivity index (χ4n) is 3.04. The predicted octanol–water partition coefficient (Wildman–Crippen LogP) is 1.13. The lowest BCUT2D eigenvalue weighted by atomic mass is 10.1. The van der Waals surface area contributed by atoms with Crippen LogP contribution in [0, 0.1) is 12.7 Å². The Morgan fingerprint density at radius 3 is 3.00 bits per heavy atom. The Morgan fingerprint density at radius 1 is 1.48 bits per heavy atom. The lowest BCUT2D eigenvalue weighted by Gasteiger charge is -2.21. The molecule has 0 bridgehead atoms. The van der Waals surface area contributed by atoms with Crippen molar-refractivity contribution in [3.05, 3.63) is 23.0 Å². The Labute approximate surface area is 133 Å². The van der Waals surface area contributed by atoms with Gasteiger partial charge in [-0.2, -0.15) is 0 Å². The minimum atomic E-state index is -0.581. The van der Waals surface area contributed by atoms with Crippen LogP contribution < -0.4 is 9.47 Å². The molecule has 3 rings (SSSR count). The number of amides is 1. The van der Waals surface area contributed by atoms with Crippen LogP contribution in [0.15, 0.2) is 6.07 Å². The van der Waals surface area contributed by atoms with Crippen molar-refractivity contribution in [3.63, 3.8) is 0 Å². The van der Waals surface area contributed by atoms with Gasteiger partial charge in [-0.1, -0.05) is 0 Å². The van der Waals surface area contributed by atoms with Crippen LogP contribution in [0.1, 0.15) is 22.3 Å². The molecule has 1 fully saturated rings.